The molecule has 1 aliphatic heterocycles. The molecular formula is C24H26N2O3. The van der Waals surface area contributed by atoms with E-state index in [1.54, 1.807) is 0 Å². The third-order valence-corrected chi connectivity index (χ3v) is 5.86. The highest BCUT2D eigenvalue weighted by Gasteiger charge is 2.26. The van der Waals surface area contributed by atoms with Crippen molar-refractivity contribution in [3.63, 3.8) is 0 Å². The molecule has 4 rings (SSSR count). The van der Waals surface area contributed by atoms with Gasteiger partial charge in [0.2, 0.25) is 0 Å². The highest BCUT2D eigenvalue weighted by atomic mass is 16.3. The molecule has 2 aromatic carbocycles. The summed E-state index contributed by atoms with van der Waals surface area (Å²) in [5.74, 6) is 0.686. The van der Waals surface area contributed by atoms with Gasteiger partial charge in [-0.2, -0.15) is 0 Å². The summed E-state index contributed by atoms with van der Waals surface area (Å²) in [5.41, 5.74) is 3.74. The van der Waals surface area contributed by atoms with Gasteiger partial charge >= 0.3 is 0 Å². The number of rotatable bonds is 4. The SMILES string of the molecule is Cc1ccc(C(=O)NCC2CCN(C(=O)c3cc4ccccc4o3)CC2)cc1C. The quantitative estimate of drug-likeness (QED) is 0.721. The van der Waals surface area contributed by atoms with Gasteiger partial charge in [-0.05, 0) is 68.0 Å². The molecule has 1 aliphatic rings. The van der Waals surface area contributed by atoms with Gasteiger partial charge in [0, 0.05) is 30.6 Å². The largest absolute Gasteiger partial charge is 0.451 e. The van der Waals surface area contributed by atoms with Crippen LogP contribution in [0, 0.1) is 19.8 Å². The van der Waals surface area contributed by atoms with Crippen molar-refractivity contribution in [1.82, 2.24) is 10.2 Å². The van der Waals surface area contributed by atoms with Crippen molar-refractivity contribution in [3.05, 3.63) is 71.0 Å². The van der Waals surface area contributed by atoms with Crippen LogP contribution < -0.4 is 5.32 Å². The fourth-order valence-electron chi connectivity index (χ4n) is 3.81. The second-order valence-electron chi connectivity index (χ2n) is 7.89. The lowest BCUT2D eigenvalue weighted by Gasteiger charge is -2.31. The Bertz CT molecular complexity index is 1010. The number of fused-ring (bicyclic) bond motifs is 1. The molecule has 0 radical (unpaired) electrons. The molecular weight excluding hydrogens is 364 g/mol. The van der Waals surface area contributed by atoms with Gasteiger partial charge in [-0.25, -0.2) is 0 Å². The highest BCUT2D eigenvalue weighted by molar-refractivity contribution is 5.96. The summed E-state index contributed by atoms with van der Waals surface area (Å²) in [6, 6.07) is 15.2. The van der Waals surface area contributed by atoms with Gasteiger partial charge in [0.15, 0.2) is 5.76 Å². The van der Waals surface area contributed by atoms with Gasteiger partial charge in [-0.15, -0.1) is 0 Å². The van der Waals surface area contributed by atoms with Crippen LogP contribution in [0.2, 0.25) is 0 Å². The average molecular weight is 390 g/mol. The summed E-state index contributed by atoms with van der Waals surface area (Å²) in [7, 11) is 0. The molecule has 0 unspecified atom stereocenters. The Hall–Kier alpha value is -3.08. The molecule has 2 heterocycles. The van der Waals surface area contributed by atoms with Crippen molar-refractivity contribution in [1.29, 1.82) is 0 Å². The van der Waals surface area contributed by atoms with Crippen LogP contribution in [0.25, 0.3) is 11.0 Å². The monoisotopic (exact) mass is 390 g/mol. The number of hydrogen-bond donors (Lipinski definition) is 1. The van der Waals surface area contributed by atoms with Gasteiger partial charge in [0.1, 0.15) is 5.58 Å². The van der Waals surface area contributed by atoms with Crippen LogP contribution in [0.4, 0.5) is 0 Å². The predicted octanol–water partition coefficient (Wildman–Crippen LogP) is 4.33. The lowest BCUT2D eigenvalue weighted by Crippen LogP contribution is -2.41. The van der Waals surface area contributed by atoms with Crippen LogP contribution in [-0.4, -0.2) is 36.3 Å². The van der Waals surface area contributed by atoms with Crippen molar-refractivity contribution in [2.75, 3.05) is 19.6 Å². The highest BCUT2D eigenvalue weighted by Crippen LogP contribution is 2.23. The van der Waals surface area contributed by atoms with E-state index in [2.05, 4.69) is 5.32 Å². The zero-order valence-electron chi connectivity index (χ0n) is 16.9. The topological polar surface area (TPSA) is 62.6 Å². The maximum Gasteiger partial charge on any atom is 0.289 e. The molecule has 1 fully saturated rings. The number of amides is 2. The van der Waals surface area contributed by atoms with Crippen LogP contribution in [0.15, 0.2) is 52.9 Å². The normalized spacial score (nSPS) is 14.9. The first-order chi connectivity index (χ1) is 14.0. The maximum absolute atomic E-state index is 12.7. The van der Waals surface area contributed by atoms with E-state index in [4.69, 9.17) is 4.42 Å². The fourth-order valence-corrected chi connectivity index (χ4v) is 3.81. The minimum absolute atomic E-state index is 0.0334. The molecule has 5 heteroatoms. The van der Waals surface area contributed by atoms with E-state index in [9.17, 15) is 9.59 Å². The zero-order valence-corrected chi connectivity index (χ0v) is 16.9. The van der Waals surface area contributed by atoms with Crippen molar-refractivity contribution in [3.8, 4) is 0 Å². The van der Waals surface area contributed by atoms with Gasteiger partial charge < -0.3 is 14.6 Å². The van der Waals surface area contributed by atoms with Crippen LogP contribution in [-0.2, 0) is 0 Å². The molecule has 150 valence electrons. The molecule has 1 saturated heterocycles. The molecule has 1 aromatic heterocycles. The Morgan fingerprint density at radius 3 is 2.52 bits per heavy atom. The van der Waals surface area contributed by atoms with Gasteiger partial charge in [0.25, 0.3) is 11.8 Å². The first kappa shape index (κ1) is 19.2. The standard InChI is InChI=1S/C24H26N2O3/c1-16-7-8-20(13-17(16)2)23(27)25-15-18-9-11-26(12-10-18)24(28)22-14-19-5-3-4-6-21(19)29-22/h3-8,13-14,18H,9-12,15H2,1-2H3,(H,25,27). The summed E-state index contributed by atoms with van der Waals surface area (Å²) in [5, 5.41) is 3.99. The number of likely N-dealkylation sites (tertiary alicyclic amines) is 1. The first-order valence-electron chi connectivity index (χ1n) is 10.1. The molecule has 0 spiro atoms. The summed E-state index contributed by atoms with van der Waals surface area (Å²) in [6.07, 6.45) is 1.75. The van der Waals surface area contributed by atoms with E-state index >= 15 is 0 Å². The Labute approximate surface area is 170 Å². The summed E-state index contributed by atoms with van der Waals surface area (Å²) < 4.78 is 5.71. The van der Waals surface area contributed by atoms with Gasteiger partial charge in [-0.1, -0.05) is 24.3 Å². The lowest BCUT2D eigenvalue weighted by molar-refractivity contribution is 0.0655. The summed E-state index contributed by atoms with van der Waals surface area (Å²) in [4.78, 5) is 27.0. The van der Waals surface area contributed by atoms with E-state index in [1.807, 2.05) is 67.3 Å². The Morgan fingerprint density at radius 1 is 1.03 bits per heavy atom. The third-order valence-electron chi connectivity index (χ3n) is 5.86. The Kier molecular flexibility index (Phi) is 5.38. The van der Waals surface area contributed by atoms with Crippen LogP contribution in [0.3, 0.4) is 0 Å². The van der Waals surface area contributed by atoms with Gasteiger partial charge in [-0.3, -0.25) is 9.59 Å². The fraction of sp³-hybridized carbons (Fsp3) is 0.333. The van der Waals surface area contributed by atoms with Crippen LogP contribution >= 0.6 is 0 Å². The number of nitrogens with zero attached hydrogens (tertiary/aromatic N) is 1. The molecule has 0 saturated carbocycles. The van der Waals surface area contributed by atoms with Crippen molar-refractivity contribution in [2.24, 2.45) is 5.92 Å². The number of hydrogen-bond acceptors (Lipinski definition) is 3. The van der Waals surface area contributed by atoms with Crippen molar-refractivity contribution >= 4 is 22.8 Å². The van der Waals surface area contributed by atoms with E-state index in [0.717, 1.165) is 29.4 Å². The van der Waals surface area contributed by atoms with Crippen LogP contribution in [0.1, 0.15) is 44.9 Å². The van der Waals surface area contributed by atoms with Gasteiger partial charge in [0.05, 0.1) is 0 Å². The third kappa shape index (κ3) is 4.19. The molecule has 1 N–H and O–H groups in total. The molecule has 0 aliphatic carbocycles. The lowest BCUT2D eigenvalue weighted by atomic mass is 9.96. The number of nitrogens with one attached hydrogen (secondary N) is 1. The average Bonchev–Trinajstić information content (AvgIpc) is 3.18. The van der Waals surface area contributed by atoms with E-state index in [0.29, 0.717) is 36.9 Å². The van der Waals surface area contributed by atoms with E-state index in [-0.39, 0.29) is 11.8 Å². The molecule has 0 atom stereocenters. The Morgan fingerprint density at radius 2 is 1.79 bits per heavy atom. The van der Waals surface area contributed by atoms with Crippen molar-refractivity contribution < 1.29 is 14.0 Å². The van der Waals surface area contributed by atoms with Crippen LogP contribution in [0.5, 0.6) is 0 Å². The first-order valence-corrected chi connectivity index (χ1v) is 10.1. The number of furan rings is 1. The molecule has 5 nitrogen and oxygen atoms in total. The summed E-state index contributed by atoms with van der Waals surface area (Å²) >= 11 is 0. The second-order valence-corrected chi connectivity index (χ2v) is 7.89. The molecule has 0 bridgehead atoms. The predicted molar refractivity (Wildman–Crippen MR) is 113 cm³/mol. The minimum atomic E-state index is -0.0567. The number of benzene rings is 2. The maximum atomic E-state index is 12.7. The number of carbonyl (C=O) groups excluding carboxylic acids is 2. The minimum Gasteiger partial charge on any atom is -0.451 e. The molecule has 2 amide bonds. The Balaban J connectivity index is 1.29. The van der Waals surface area contributed by atoms with E-state index in [1.165, 1.54) is 5.56 Å². The van der Waals surface area contributed by atoms with Crippen molar-refractivity contribution in [2.45, 2.75) is 26.7 Å². The number of para-hydroxylation sites is 1. The smallest absolute Gasteiger partial charge is 0.289 e. The number of piperidine rings is 1. The number of aryl methyl sites for hydroxylation is 2. The molecule has 29 heavy (non-hydrogen) atoms. The number of carbonyl (C=O) groups is 2. The zero-order chi connectivity index (χ0) is 20.4. The van der Waals surface area contributed by atoms with E-state index < -0.39 is 0 Å². The molecule has 3 aromatic rings. The second kappa shape index (κ2) is 8.11. The summed E-state index contributed by atoms with van der Waals surface area (Å²) in [6.45, 7) is 6.05.